The zero-order valence-electron chi connectivity index (χ0n) is 17.4. The molecule has 2 aromatic rings. The van der Waals surface area contributed by atoms with Gasteiger partial charge < -0.3 is 15.5 Å². The van der Waals surface area contributed by atoms with Crippen LogP contribution in [0.4, 0.5) is 9.52 Å². The minimum absolute atomic E-state index is 0.0692. The van der Waals surface area contributed by atoms with E-state index >= 15 is 0 Å². The van der Waals surface area contributed by atoms with Crippen molar-refractivity contribution in [3.05, 3.63) is 46.2 Å². The molecule has 2 heterocycles. The molecular weight excluding hydrogens is 441 g/mol. The van der Waals surface area contributed by atoms with Gasteiger partial charge in [0, 0.05) is 38.7 Å². The molecule has 3 rings (SSSR count). The van der Waals surface area contributed by atoms with E-state index in [4.69, 9.17) is 0 Å². The Bertz CT molecular complexity index is 981. The number of carbonyl (C=O) groups excluding carboxylic acids is 3. The van der Waals surface area contributed by atoms with Crippen LogP contribution in [-0.2, 0) is 15.3 Å². The van der Waals surface area contributed by atoms with E-state index in [9.17, 15) is 18.8 Å². The van der Waals surface area contributed by atoms with Crippen molar-refractivity contribution in [2.24, 2.45) is 0 Å². The Morgan fingerprint density at radius 2 is 2.10 bits per heavy atom. The zero-order chi connectivity index (χ0) is 22.5. The molecule has 1 aliphatic rings. The van der Waals surface area contributed by atoms with Gasteiger partial charge in [0.2, 0.25) is 11.8 Å². The third-order valence-electron chi connectivity index (χ3n) is 4.55. The predicted molar refractivity (Wildman–Crippen MR) is 119 cm³/mol. The van der Waals surface area contributed by atoms with Gasteiger partial charge in [0.25, 0.3) is 5.91 Å². The van der Waals surface area contributed by atoms with Gasteiger partial charge in [0.15, 0.2) is 5.13 Å². The Labute approximate surface area is 188 Å². The Kier molecular flexibility index (Phi) is 7.63. The van der Waals surface area contributed by atoms with Crippen LogP contribution < -0.4 is 16.0 Å². The topological polar surface area (TPSA) is 103 Å². The van der Waals surface area contributed by atoms with E-state index in [1.54, 1.807) is 39.2 Å². The van der Waals surface area contributed by atoms with Crippen molar-refractivity contribution >= 4 is 46.0 Å². The smallest absolute Gasteiger partial charge is 0.265 e. The number of rotatable bonds is 7. The Hall–Kier alpha value is -2.50. The van der Waals surface area contributed by atoms with Crippen LogP contribution in [0, 0.1) is 12.7 Å². The SMILES string of the molecule is Cc1nc(NC(=O)CC2CC(=O)NC(SCc3ccccc3F)N2)sc1C(=O)N(C)C. The van der Waals surface area contributed by atoms with Crippen LogP contribution in [-0.4, -0.2) is 53.2 Å². The van der Waals surface area contributed by atoms with Gasteiger partial charge in [-0.05, 0) is 18.6 Å². The number of nitrogens with zero attached hydrogens (tertiary/aromatic N) is 2. The van der Waals surface area contributed by atoms with Gasteiger partial charge in [0.1, 0.15) is 16.2 Å². The summed E-state index contributed by atoms with van der Waals surface area (Å²) >= 11 is 2.47. The number of thioether (sulfide) groups is 1. The van der Waals surface area contributed by atoms with E-state index in [-0.39, 0.29) is 42.4 Å². The van der Waals surface area contributed by atoms with Crippen molar-refractivity contribution in [1.82, 2.24) is 20.5 Å². The van der Waals surface area contributed by atoms with Crippen LogP contribution in [0.25, 0.3) is 0 Å². The number of amides is 3. The second-order valence-corrected chi connectivity index (χ2v) is 9.40. The normalized spacial score (nSPS) is 18.4. The fraction of sp³-hybridized carbons (Fsp3) is 0.400. The van der Waals surface area contributed by atoms with Crippen LogP contribution in [0.15, 0.2) is 24.3 Å². The average Bonchev–Trinajstić information content (AvgIpc) is 3.05. The van der Waals surface area contributed by atoms with Crippen LogP contribution in [0.2, 0.25) is 0 Å². The van der Waals surface area contributed by atoms with Crippen molar-refractivity contribution in [2.45, 2.75) is 37.1 Å². The molecule has 1 aromatic carbocycles. The molecule has 1 fully saturated rings. The van der Waals surface area contributed by atoms with Crippen molar-refractivity contribution < 1.29 is 18.8 Å². The van der Waals surface area contributed by atoms with Crippen molar-refractivity contribution in [3.8, 4) is 0 Å². The fourth-order valence-corrected chi connectivity index (χ4v) is 5.09. The molecule has 0 radical (unpaired) electrons. The van der Waals surface area contributed by atoms with E-state index in [1.807, 2.05) is 0 Å². The Morgan fingerprint density at radius 3 is 2.81 bits per heavy atom. The third-order valence-corrected chi connectivity index (χ3v) is 6.68. The highest BCUT2D eigenvalue weighted by molar-refractivity contribution is 7.99. The first kappa shape index (κ1) is 23.2. The maximum atomic E-state index is 13.8. The van der Waals surface area contributed by atoms with E-state index in [0.29, 0.717) is 27.0 Å². The summed E-state index contributed by atoms with van der Waals surface area (Å²) in [6.45, 7) is 1.72. The number of nitrogens with one attached hydrogen (secondary N) is 3. The van der Waals surface area contributed by atoms with Gasteiger partial charge in [-0.1, -0.05) is 29.5 Å². The summed E-state index contributed by atoms with van der Waals surface area (Å²) in [4.78, 5) is 42.9. The number of anilines is 1. The maximum Gasteiger partial charge on any atom is 0.265 e. The molecule has 3 N–H and O–H groups in total. The van der Waals surface area contributed by atoms with Gasteiger partial charge in [-0.3, -0.25) is 19.7 Å². The van der Waals surface area contributed by atoms with Gasteiger partial charge in [0.05, 0.1) is 5.69 Å². The standard InChI is InChI=1S/C20H24FN5O3S2/c1-11-17(18(29)26(2)3)31-20(22-11)25-16(28)9-13-8-15(27)24-19(23-13)30-10-12-6-4-5-7-14(12)21/h4-7,13,19,23H,8-10H2,1-3H3,(H,24,27)(H,22,25,28). The summed E-state index contributed by atoms with van der Waals surface area (Å²) in [6.07, 6.45) is 0.227. The maximum absolute atomic E-state index is 13.8. The lowest BCUT2D eigenvalue weighted by Gasteiger charge is -2.30. The highest BCUT2D eigenvalue weighted by Crippen LogP contribution is 2.24. The molecule has 1 saturated heterocycles. The summed E-state index contributed by atoms with van der Waals surface area (Å²) in [5.41, 5.74) is 0.675. The molecule has 2 unspecified atom stereocenters. The Morgan fingerprint density at radius 1 is 1.35 bits per heavy atom. The second-order valence-electron chi connectivity index (χ2n) is 7.30. The number of halogens is 1. The molecule has 1 aliphatic heterocycles. The minimum Gasteiger partial charge on any atom is -0.344 e. The van der Waals surface area contributed by atoms with E-state index in [1.165, 1.54) is 22.7 Å². The van der Waals surface area contributed by atoms with E-state index in [0.717, 1.165) is 11.3 Å². The summed E-state index contributed by atoms with van der Waals surface area (Å²) in [5.74, 6) is -0.561. The molecule has 166 valence electrons. The lowest BCUT2D eigenvalue weighted by Crippen LogP contribution is -2.55. The summed E-state index contributed by atoms with van der Waals surface area (Å²) in [5, 5.41) is 9.06. The molecule has 0 spiro atoms. The lowest BCUT2D eigenvalue weighted by molar-refractivity contribution is -0.124. The third kappa shape index (κ3) is 6.25. The Balaban J connectivity index is 1.55. The number of aromatic nitrogens is 1. The summed E-state index contributed by atoms with van der Waals surface area (Å²) in [7, 11) is 3.31. The van der Waals surface area contributed by atoms with Crippen molar-refractivity contribution in [1.29, 1.82) is 0 Å². The van der Waals surface area contributed by atoms with Gasteiger partial charge in [-0.25, -0.2) is 9.37 Å². The van der Waals surface area contributed by atoms with Gasteiger partial charge in [-0.15, -0.1) is 11.8 Å². The summed E-state index contributed by atoms with van der Waals surface area (Å²) in [6, 6.07) is 6.12. The zero-order valence-corrected chi connectivity index (χ0v) is 19.0. The quantitative estimate of drug-likeness (QED) is 0.580. The monoisotopic (exact) mass is 465 g/mol. The summed E-state index contributed by atoms with van der Waals surface area (Å²) < 4.78 is 13.8. The molecule has 11 heteroatoms. The fourth-order valence-electron chi connectivity index (χ4n) is 3.00. The van der Waals surface area contributed by atoms with Gasteiger partial charge >= 0.3 is 0 Å². The number of aryl methyl sites for hydroxylation is 1. The first-order chi connectivity index (χ1) is 14.7. The van der Waals surface area contributed by atoms with Crippen LogP contribution in [0.1, 0.15) is 33.8 Å². The molecule has 2 atom stereocenters. The highest BCUT2D eigenvalue weighted by Gasteiger charge is 2.28. The first-order valence-corrected chi connectivity index (χ1v) is 11.5. The molecule has 3 amide bonds. The second kappa shape index (κ2) is 10.2. The van der Waals surface area contributed by atoms with Gasteiger partial charge in [-0.2, -0.15) is 0 Å². The predicted octanol–water partition coefficient (Wildman–Crippen LogP) is 2.32. The van der Waals surface area contributed by atoms with Crippen LogP contribution in [0.3, 0.4) is 0 Å². The average molecular weight is 466 g/mol. The van der Waals surface area contributed by atoms with Crippen molar-refractivity contribution in [2.75, 3.05) is 19.4 Å². The largest absolute Gasteiger partial charge is 0.344 e. The molecule has 0 bridgehead atoms. The number of hydrogen-bond donors (Lipinski definition) is 3. The van der Waals surface area contributed by atoms with Crippen LogP contribution >= 0.6 is 23.1 Å². The number of carbonyl (C=O) groups is 3. The van der Waals surface area contributed by atoms with E-state index in [2.05, 4.69) is 20.9 Å². The van der Waals surface area contributed by atoms with Crippen molar-refractivity contribution in [3.63, 3.8) is 0 Å². The highest BCUT2D eigenvalue weighted by atomic mass is 32.2. The molecule has 31 heavy (non-hydrogen) atoms. The first-order valence-electron chi connectivity index (χ1n) is 9.62. The number of hydrogen-bond acceptors (Lipinski definition) is 7. The molecule has 0 aliphatic carbocycles. The molecule has 1 aromatic heterocycles. The van der Waals surface area contributed by atoms with E-state index < -0.39 is 5.50 Å². The number of thiazole rings is 1. The minimum atomic E-state index is -0.426. The molecular formula is C20H24FN5O3S2. The molecule has 8 nitrogen and oxygen atoms in total. The van der Waals surface area contributed by atoms with Crippen LogP contribution in [0.5, 0.6) is 0 Å². The number of benzene rings is 1. The lowest BCUT2D eigenvalue weighted by atomic mass is 10.1. The molecule has 0 saturated carbocycles.